The van der Waals surface area contributed by atoms with Gasteiger partial charge < -0.3 is 9.30 Å². The van der Waals surface area contributed by atoms with Gasteiger partial charge in [0.1, 0.15) is 5.82 Å². The second kappa shape index (κ2) is 8.92. The van der Waals surface area contributed by atoms with E-state index >= 15 is 0 Å². The molecule has 3 aromatic rings. The molecule has 156 valence electrons. The first-order chi connectivity index (χ1) is 13.8. The van der Waals surface area contributed by atoms with Crippen molar-refractivity contribution in [1.29, 1.82) is 0 Å². The third-order valence-corrected chi connectivity index (χ3v) is 4.95. The maximum atomic E-state index is 13.3. The number of benzene rings is 2. The molecule has 8 heteroatoms. The summed E-state index contributed by atoms with van der Waals surface area (Å²) in [5, 5.41) is 0. The Kier molecular flexibility index (Phi) is 6.54. The molecule has 1 aromatic heterocycles. The number of aromatic nitrogens is 2. The molecule has 0 bridgehead atoms. The van der Waals surface area contributed by atoms with Gasteiger partial charge in [-0.2, -0.15) is 13.2 Å². The highest BCUT2D eigenvalue weighted by Gasteiger charge is 2.32. The van der Waals surface area contributed by atoms with Crippen LogP contribution in [0.4, 0.5) is 17.6 Å². The lowest BCUT2D eigenvalue weighted by molar-refractivity contribution is -0.137. The van der Waals surface area contributed by atoms with E-state index in [1.165, 1.54) is 5.52 Å². The number of imidazole rings is 1. The van der Waals surface area contributed by atoms with Crippen molar-refractivity contribution >= 4 is 11.0 Å². The molecule has 1 aliphatic heterocycles. The van der Waals surface area contributed by atoms with Gasteiger partial charge in [0, 0.05) is 26.2 Å². The zero-order valence-corrected chi connectivity index (χ0v) is 16.3. The standard InChI is InChI=1S/C13H15F4NO.C8H8N2/c1-9(18-2-4-19-5-3-18)10-6-11(13(15,16)17)8-12(14)7-10;1-10-6-9-7-4-2-3-5-8(7)10/h6-9H,2-5H2,1H3;2-6H,1H3. The topological polar surface area (TPSA) is 30.3 Å². The molecule has 0 saturated carbocycles. The molecule has 0 radical (unpaired) electrons. The Morgan fingerprint density at radius 3 is 2.41 bits per heavy atom. The van der Waals surface area contributed by atoms with Gasteiger partial charge in [0.15, 0.2) is 0 Å². The summed E-state index contributed by atoms with van der Waals surface area (Å²) >= 11 is 0. The lowest BCUT2D eigenvalue weighted by Gasteiger charge is -2.32. The van der Waals surface area contributed by atoms with Gasteiger partial charge in [0.25, 0.3) is 0 Å². The van der Waals surface area contributed by atoms with Crippen molar-refractivity contribution in [2.24, 2.45) is 7.05 Å². The van der Waals surface area contributed by atoms with Crippen molar-refractivity contribution in [1.82, 2.24) is 14.5 Å². The number of ether oxygens (including phenoxy) is 1. The van der Waals surface area contributed by atoms with Gasteiger partial charge in [0.2, 0.25) is 0 Å². The fourth-order valence-corrected chi connectivity index (χ4v) is 3.28. The Balaban J connectivity index is 0.000000200. The predicted molar refractivity (Wildman–Crippen MR) is 103 cm³/mol. The summed E-state index contributed by atoms with van der Waals surface area (Å²) in [5.74, 6) is -0.857. The molecule has 2 heterocycles. The molecule has 0 N–H and O–H groups in total. The number of morpholine rings is 1. The Labute approximate surface area is 166 Å². The number of hydrogen-bond acceptors (Lipinski definition) is 3. The maximum absolute atomic E-state index is 13.3. The molecule has 0 amide bonds. The van der Waals surface area contributed by atoms with Crippen molar-refractivity contribution in [3.63, 3.8) is 0 Å². The van der Waals surface area contributed by atoms with E-state index in [0.717, 1.165) is 17.6 Å². The van der Waals surface area contributed by atoms with Crippen LogP contribution in [-0.2, 0) is 18.0 Å². The second-order valence-electron chi connectivity index (χ2n) is 6.94. The average Bonchev–Trinajstić information content (AvgIpc) is 3.09. The molecule has 1 unspecified atom stereocenters. The highest BCUT2D eigenvalue weighted by atomic mass is 19.4. The Morgan fingerprint density at radius 2 is 1.76 bits per heavy atom. The normalized spacial score (nSPS) is 16.3. The molecule has 4 rings (SSSR count). The Hall–Kier alpha value is -2.45. The molecule has 29 heavy (non-hydrogen) atoms. The van der Waals surface area contributed by atoms with Gasteiger partial charge in [-0.25, -0.2) is 9.37 Å². The molecule has 1 aliphatic rings. The van der Waals surface area contributed by atoms with Crippen molar-refractivity contribution in [2.45, 2.75) is 19.1 Å². The number of fused-ring (bicyclic) bond motifs is 1. The summed E-state index contributed by atoms with van der Waals surface area (Å²) in [7, 11) is 2.00. The third kappa shape index (κ3) is 5.33. The zero-order valence-electron chi connectivity index (χ0n) is 16.3. The molecule has 4 nitrogen and oxygen atoms in total. The highest BCUT2D eigenvalue weighted by Crippen LogP contribution is 2.33. The van der Waals surface area contributed by atoms with E-state index in [1.807, 2.05) is 41.0 Å². The summed E-state index contributed by atoms with van der Waals surface area (Å²) < 4.78 is 58.5. The van der Waals surface area contributed by atoms with Gasteiger partial charge in [-0.1, -0.05) is 12.1 Å². The van der Waals surface area contributed by atoms with Gasteiger partial charge in [-0.05, 0) is 42.8 Å². The Morgan fingerprint density at radius 1 is 1.07 bits per heavy atom. The van der Waals surface area contributed by atoms with E-state index < -0.39 is 17.6 Å². The maximum Gasteiger partial charge on any atom is 0.416 e. The fourth-order valence-electron chi connectivity index (χ4n) is 3.28. The number of hydrogen-bond donors (Lipinski definition) is 0. The minimum absolute atomic E-state index is 0.263. The summed E-state index contributed by atoms with van der Waals surface area (Å²) in [6.07, 6.45) is -2.70. The van der Waals surface area contributed by atoms with Crippen LogP contribution in [-0.4, -0.2) is 40.8 Å². The molecule has 1 fully saturated rings. The van der Waals surface area contributed by atoms with Crippen molar-refractivity contribution in [3.05, 3.63) is 65.7 Å². The largest absolute Gasteiger partial charge is 0.416 e. The number of aryl methyl sites for hydroxylation is 1. The van der Waals surface area contributed by atoms with Crippen molar-refractivity contribution in [3.8, 4) is 0 Å². The van der Waals surface area contributed by atoms with E-state index in [9.17, 15) is 17.6 Å². The van der Waals surface area contributed by atoms with Gasteiger partial charge in [-0.3, -0.25) is 4.90 Å². The van der Waals surface area contributed by atoms with E-state index in [4.69, 9.17) is 4.74 Å². The van der Waals surface area contributed by atoms with Crippen LogP contribution in [0.2, 0.25) is 0 Å². The van der Waals surface area contributed by atoms with Crippen LogP contribution < -0.4 is 0 Å². The molecular formula is C21H23F4N3O. The van der Waals surface area contributed by atoms with Crippen LogP contribution in [0.15, 0.2) is 48.8 Å². The van der Waals surface area contributed by atoms with E-state index in [1.54, 1.807) is 6.92 Å². The monoisotopic (exact) mass is 409 g/mol. The van der Waals surface area contributed by atoms with Crippen molar-refractivity contribution < 1.29 is 22.3 Å². The van der Waals surface area contributed by atoms with E-state index in [0.29, 0.717) is 37.9 Å². The molecule has 0 aliphatic carbocycles. The number of halogens is 4. The van der Waals surface area contributed by atoms with Crippen LogP contribution in [0.1, 0.15) is 24.1 Å². The first kappa shape index (κ1) is 21.3. The predicted octanol–water partition coefficient (Wildman–Crippen LogP) is 4.81. The molecule has 0 spiro atoms. The van der Waals surface area contributed by atoms with Crippen LogP contribution in [0.25, 0.3) is 11.0 Å². The van der Waals surface area contributed by atoms with Gasteiger partial charge in [-0.15, -0.1) is 0 Å². The summed E-state index contributed by atoms with van der Waals surface area (Å²) in [6, 6.07) is 10.5. The second-order valence-corrected chi connectivity index (χ2v) is 6.94. The summed E-state index contributed by atoms with van der Waals surface area (Å²) in [5.41, 5.74) is 1.64. The third-order valence-electron chi connectivity index (χ3n) is 4.95. The number of rotatable bonds is 2. The number of para-hydroxylation sites is 2. The Bertz CT molecular complexity index is 948. The van der Waals surface area contributed by atoms with Crippen LogP contribution >= 0.6 is 0 Å². The minimum Gasteiger partial charge on any atom is -0.379 e. The van der Waals surface area contributed by atoms with Gasteiger partial charge >= 0.3 is 6.18 Å². The number of nitrogens with zero attached hydrogens (tertiary/aromatic N) is 3. The van der Waals surface area contributed by atoms with Crippen molar-refractivity contribution in [2.75, 3.05) is 26.3 Å². The lowest BCUT2D eigenvalue weighted by atomic mass is 10.0. The van der Waals surface area contributed by atoms with E-state index in [2.05, 4.69) is 11.1 Å². The lowest BCUT2D eigenvalue weighted by Crippen LogP contribution is -2.38. The SMILES string of the molecule is CC(c1cc(F)cc(C(F)(F)F)c1)N1CCOCC1.Cn1cnc2ccccc21. The minimum atomic E-state index is -4.53. The zero-order chi connectivity index (χ0) is 21.0. The summed E-state index contributed by atoms with van der Waals surface area (Å²) in [6.45, 7) is 4.15. The smallest absolute Gasteiger partial charge is 0.379 e. The van der Waals surface area contributed by atoms with Crippen LogP contribution in [0, 0.1) is 5.82 Å². The molecule has 1 atom stereocenters. The molecular weight excluding hydrogens is 386 g/mol. The fraction of sp³-hybridized carbons (Fsp3) is 0.381. The quantitative estimate of drug-likeness (QED) is 0.569. The average molecular weight is 409 g/mol. The highest BCUT2D eigenvalue weighted by molar-refractivity contribution is 5.74. The van der Waals surface area contributed by atoms with Crippen LogP contribution in [0.5, 0.6) is 0 Å². The van der Waals surface area contributed by atoms with Gasteiger partial charge in [0.05, 0.1) is 36.1 Å². The first-order valence-electron chi connectivity index (χ1n) is 9.31. The first-order valence-corrected chi connectivity index (χ1v) is 9.31. The molecule has 2 aromatic carbocycles. The van der Waals surface area contributed by atoms with Crippen LogP contribution in [0.3, 0.4) is 0 Å². The molecule has 1 saturated heterocycles. The van der Waals surface area contributed by atoms with E-state index in [-0.39, 0.29) is 6.04 Å². The number of alkyl halides is 3. The summed E-state index contributed by atoms with van der Waals surface area (Å²) in [4.78, 5) is 6.17.